The zero-order valence-electron chi connectivity index (χ0n) is 14.0. The third kappa shape index (κ3) is 3.79. The zero-order valence-corrected chi connectivity index (χ0v) is 15.5. The van der Waals surface area contributed by atoms with Gasteiger partial charge in [0.15, 0.2) is 11.6 Å². The number of halogens is 2. The normalized spacial score (nSPS) is 10.6. The molecule has 0 bridgehead atoms. The van der Waals surface area contributed by atoms with Gasteiger partial charge in [0.25, 0.3) is 0 Å². The average Bonchev–Trinajstić information content (AvgIpc) is 2.62. The molecule has 0 aliphatic heterocycles. The Hall–Kier alpha value is -2.63. The lowest BCUT2D eigenvalue weighted by Crippen LogP contribution is -2.07. The number of aryl methyl sites for hydroxylation is 1. The number of carbonyl (C=O) groups excluding carboxylic acids is 1. The highest BCUT2D eigenvalue weighted by molar-refractivity contribution is 6.36. The molecule has 0 atom stereocenters. The van der Waals surface area contributed by atoms with Gasteiger partial charge in [0.1, 0.15) is 6.29 Å². The molecule has 0 aliphatic carbocycles. The molecule has 0 saturated carbocycles. The van der Waals surface area contributed by atoms with Gasteiger partial charge in [-0.25, -0.2) is 9.97 Å². The molecule has 7 heteroatoms. The van der Waals surface area contributed by atoms with E-state index in [1.165, 1.54) is 0 Å². The number of nitrogens with two attached hydrogens (primary N) is 1. The number of hydrogen-bond donors (Lipinski definition) is 2. The minimum atomic E-state index is 0.276. The maximum atomic E-state index is 11.0. The third-order valence-electron chi connectivity index (χ3n) is 3.99. The van der Waals surface area contributed by atoms with E-state index in [-0.39, 0.29) is 5.82 Å². The topological polar surface area (TPSA) is 80.9 Å². The first kappa shape index (κ1) is 18.2. The van der Waals surface area contributed by atoms with Crippen LogP contribution >= 0.6 is 23.2 Å². The van der Waals surface area contributed by atoms with Crippen LogP contribution in [-0.4, -0.2) is 16.3 Å². The average molecular weight is 387 g/mol. The smallest absolute Gasteiger partial charge is 0.169 e. The fraction of sp³-hybridized carbons (Fsp3) is 0.105. The molecule has 3 rings (SSSR count). The summed E-state index contributed by atoms with van der Waals surface area (Å²) in [4.78, 5) is 19.7. The lowest BCUT2D eigenvalue weighted by atomic mass is 10.0. The van der Waals surface area contributed by atoms with Crippen molar-refractivity contribution in [1.29, 1.82) is 0 Å². The number of nitrogens with one attached hydrogen (secondary N) is 1. The van der Waals surface area contributed by atoms with Crippen molar-refractivity contribution in [2.45, 2.75) is 13.5 Å². The lowest BCUT2D eigenvalue weighted by molar-refractivity contribution is 0.112. The fourth-order valence-electron chi connectivity index (χ4n) is 2.51. The van der Waals surface area contributed by atoms with Crippen LogP contribution in [0.15, 0.2) is 42.6 Å². The van der Waals surface area contributed by atoms with Gasteiger partial charge >= 0.3 is 0 Å². The summed E-state index contributed by atoms with van der Waals surface area (Å²) in [6.45, 7) is 2.24. The Morgan fingerprint density at radius 1 is 1.19 bits per heavy atom. The van der Waals surface area contributed by atoms with Crippen LogP contribution < -0.4 is 11.1 Å². The first-order valence-corrected chi connectivity index (χ1v) is 8.60. The van der Waals surface area contributed by atoms with Crippen molar-refractivity contribution in [2.24, 2.45) is 0 Å². The summed E-state index contributed by atoms with van der Waals surface area (Å²) in [7, 11) is 0. The standard InChI is InChI=1S/C19H16Cl2N4O/c1-11-7-12(5-6-13(11)10-26)17-9-23-18(22)19(25-17)24-8-14-15(20)3-2-4-16(14)21/h2-7,9-10H,8H2,1H3,(H2,22,23)(H,24,25). The van der Waals surface area contributed by atoms with Crippen molar-refractivity contribution >= 4 is 41.1 Å². The van der Waals surface area contributed by atoms with Gasteiger partial charge in [0, 0.05) is 33.3 Å². The Morgan fingerprint density at radius 3 is 2.58 bits per heavy atom. The molecule has 3 N–H and O–H groups in total. The quantitative estimate of drug-likeness (QED) is 0.617. The molecule has 132 valence electrons. The van der Waals surface area contributed by atoms with E-state index in [0.717, 1.165) is 23.0 Å². The number of benzene rings is 2. The van der Waals surface area contributed by atoms with E-state index in [0.29, 0.717) is 33.7 Å². The number of nitrogens with zero attached hydrogens (tertiary/aromatic N) is 2. The zero-order chi connectivity index (χ0) is 18.7. The highest BCUT2D eigenvalue weighted by Crippen LogP contribution is 2.27. The SMILES string of the molecule is Cc1cc(-c2cnc(N)c(NCc3c(Cl)cccc3Cl)n2)ccc1C=O. The van der Waals surface area contributed by atoms with Crippen molar-refractivity contribution in [3.8, 4) is 11.3 Å². The van der Waals surface area contributed by atoms with Crippen molar-refractivity contribution in [1.82, 2.24) is 9.97 Å². The predicted octanol–water partition coefficient (Wildman–Crippen LogP) is 4.77. The minimum absolute atomic E-state index is 0.276. The van der Waals surface area contributed by atoms with Crippen LogP contribution in [0.4, 0.5) is 11.6 Å². The molecule has 26 heavy (non-hydrogen) atoms. The highest BCUT2D eigenvalue weighted by atomic mass is 35.5. The Morgan fingerprint density at radius 2 is 1.92 bits per heavy atom. The van der Waals surface area contributed by atoms with Crippen molar-refractivity contribution in [3.63, 3.8) is 0 Å². The predicted molar refractivity (Wildman–Crippen MR) is 106 cm³/mol. The maximum absolute atomic E-state index is 11.0. The molecule has 0 spiro atoms. The number of aldehydes is 1. The third-order valence-corrected chi connectivity index (χ3v) is 4.70. The van der Waals surface area contributed by atoms with Crippen LogP contribution in [0.25, 0.3) is 11.3 Å². The highest BCUT2D eigenvalue weighted by Gasteiger charge is 2.10. The van der Waals surface area contributed by atoms with Crippen LogP contribution in [0.5, 0.6) is 0 Å². The molecular weight excluding hydrogens is 371 g/mol. The van der Waals surface area contributed by atoms with E-state index in [1.807, 2.05) is 19.1 Å². The van der Waals surface area contributed by atoms with Crippen LogP contribution in [0.3, 0.4) is 0 Å². The van der Waals surface area contributed by atoms with E-state index in [9.17, 15) is 4.79 Å². The Kier molecular flexibility index (Phi) is 5.40. The van der Waals surface area contributed by atoms with Crippen LogP contribution in [-0.2, 0) is 6.54 Å². The van der Waals surface area contributed by atoms with E-state index < -0.39 is 0 Å². The van der Waals surface area contributed by atoms with Gasteiger partial charge in [-0.15, -0.1) is 0 Å². The summed E-state index contributed by atoms with van der Waals surface area (Å²) in [6.07, 6.45) is 2.42. The Bertz CT molecular complexity index is 955. The van der Waals surface area contributed by atoms with E-state index in [1.54, 1.807) is 30.5 Å². The Balaban J connectivity index is 1.88. The van der Waals surface area contributed by atoms with Crippen molar-refractivity contribution in [3.05, 3.63) is 69.3 Å². The van der Waals surface area contributed by atoms with E-state index in [2.05, 4.69) is 15.3 Å². The molecule has 5 nitrogen and oxygen atoms in total. The van der Waals surface area contributed by atoms with Gasteiger partial charge in [0.2, 0.25) is 0 Å². The molecule has 0 unspecified atom stereocenters. The number of hydrogen-bond acceptors (Lipinski definition) is 5. The number of aromatic nitrogens is 2. The number of nitrogen functional groups attached to an aromatic ring is 1. The summed E-state index contributed by atoms with van der Waals surface area (Å²) in [5.41, 5.74) is 9.70. The second-order valence-electron chi connectivity index (χ2n) is 5.73. The van der Waals surface area contributed by atoms with E-state index >= 15 is 0 Å². The summed E-state index contributed by atoms with van der Waals surface area (Å²) in [5.74, 6) is 0.716. The molecule has 0 amide bonds. The Labute approximate surface area is 161 Å². The van der Waals surface area contributed by atoms with Crippen molar-refractivity contribution < 1.29 is 4.79 Å². The first-order chi connectivity index (χ1) is 12.5. The molecule has 1 heterocycles. The molecule has 3 aromatic rings. The van der Waals surface area contributed by atoms with Crippen LogP contribution in [0.1, 0.15) is 21.5 Å². The van der Waals surface area contributed by atoms with Crippen molar-refractivity contribution in [2.75, 3.05) is 11.1 Å². The number of rotatable bonds is 5. The van der Waals surface area contributed by atoms with Gasteiger partial charge in [-0.2, -0.15) is 0 Å². The van der Waals surface area contributed by atoms with Gasteiger partial charge in [-0.1, -0.05) is 41.4 Å². The summed E-state index contributed by atoms with van der Waals surface area (Å²) >= 11 is 12.4. The van der Waals surface area contributed by atoms with Gasteiger partial charge in [-0.3, -0.25) is 4.79 Å². The maximum Gasteiger partial charge on any atom is 0.169 e. The fourth-order valence-corrected chi connectivity index (χ4v) is 3.04. The van der Waals surface area contributed by atoms with E-state index in [4.69, 9.17) is 28.9 Å². The molecule has 0 fully saturated rings. The second-order valence-corrected chi connectivity index (χ2v) is 6.55. The molecule has 0 radical (unpaired) electrons. The first-order valence-electron chi connectivity index (χ1n) is 7.85. The summed E-state index contributed by atoms with van der Waals surface area (Å²) in [5, 5.41) is 4.26. The monoisotopic (exact) mass is 386 g/mol. The summed E-state index contributed by atoms with van der Waals surface area (Å²) < 4.78 is 0. The van der Waals surface area contributed by atoms with Crippen LogP contribution in [0.2, 0.25) is 10.0 Å². The van der Waals surface area contributed by atoms with Gasteiger partial charge in [-0.05, 0) is 30.7 Å². The minimum Gasteiger partial charge on any atom is -0.381 e. The number of carbonyl (C=O) groups is 1. The summed E-state index contributed by atoms with van der Waals surface area (Å²) in [6, 6.07) is 10.8. The molecule has 0 aliphatic rings. The number of anilines is 2. The molecular formula is C19H16Cl2N4O. The van der Waals surface area contributed by atoms with Gasteiger partial charge < -0.3 is 11.1 Å². The molecule has 0 saturated heterocycles. The second kappa shape index (κ2) is 7.72. The molecule has 1 aromatic heterocycles. The molecule has 2 aromatic carbocycles. The van der Waals surface area contributed by atoms with Crippen LogP contribution in [0, 0.1) is 6.92 Å². The largest absolute Gasteiger partial charge is 0.381 e. The van der Waals surface area contributed by atoms with Gasteiger partial charge in [0.05, 0.1) is 11.9 Å². The lowest BCUT2D eigenvalue weighted by Gasteiger charge is -2.12.